The van der Waals surface area contributed by atoms with Gasteiger partial charge in [-0.2, -0.15) is 0 Å². The van der Waals surface area contributed by atoms with Gasteiger partial charge in [-0.3, -0.25) is 4.98 Å². The van der Waals surface area contributed by atoms with Crippen molar-refractivity contribution in [2.75, 3.05) is 6.54 Å². The lowest BCUT2D eigenvalue weighted by molar-refractivity contribution is 0.383. The van der Waals surface area contributed by atoms with Crippen molar-refractivity contribution in [3.8, 4) is 11.3 Å². The van der Waals surface area contributed by atoms with Crippen LogP contribution in [0.1, 0.15) is 12.2 Å². The Morgan fingerprint density at radius 2 is 2.33 bits per heavy atom. The van der Waals surface area contributed by atoms with E-state index in [4.69, 9.17) is 10.3 Å². The summed E-state index contributed by atoms with van der Waals surface area (Å²) in [7, 11) is 0. The molecule has 0 amide bonds. The highest BCUT2D eigenvalue weighted by Gasteiger charge is 2.05. The lowest BCUT2D eigenvalue weighted by Crippen LogP contribution is -1.99. The van der Waals surface area contributed by atoms with Crippen LogP contribution in [-0.4, -0.2) is 16.7 Å². The number of nitrogens with two attached hydrogens (primary N) is 1. The Hall–Kier alpha value is -1.68. The number of hydrogen-bond acceptors (Lipinski definition) is 4. The number of hydrogen-bond donors (Lipinski definition) is 1. The van der Waals surface area contributed by atoms with E-state index in [9.17, 15) is 0 Å². The van der Waals surface area contributed by atoms with E-state index in [1.807, 2.05) is 18.2 Å². The molecule has 2 rings (SSSR count). The van der Waals surface area contributed by atoms with Crippen LogP contribution >= 0.6 is 0 Å². The fourth-order valence-corrected chi connectivity index (χ4v) is 1.36. The molecule has 0 aliphatic carbocycles. The summed E-state index contributed by atoms with van der Waals surface area (Å²) in [6.07, 6.45) is 5.26. The predicted octanol–water partition coefficient (Wildman–Crippen LogP) is 1.63. The molecule has 4 heteroatoms. The van der Waals surface area contributed by atoms with Gasteiger partial charge in [-0.1, -0.05) is 5.16 Å². The van der Waals surface area contributed by atoms with E-state index in [1.165, 1.54) is 0 Å². The van der Waals surface area contributed by atoms with Crippen LogP contribution in [0.3, 0.4) is 0 Å². The smallest absolute Gasteiger partial charge is 0.137 e. The maximum atomic E-state index is 5.42. The first-order valence-corrected chi connectivity index (χ1v) is 4.96. The van der Waals surface area contributed by atoms with Gasteiger partial charge in [0.15, 0.2) is 0 Å². The van der Waals surface area contributed by atoms with Gasteiger partial charge < -0.3 is 10.3 Å². The number of aromatic nitrogens is 2. The molecule has 0 atom stereocenters. The first-order valence-electron chi connectivity index (χ1n) is 4.96. The highest BCUT2D eigenvalue weighted by molar-refractivity contribution is 5.57. The lowest BCUT2D eigenvalue weighted by atomic mass is 10.2. The summed E-state index contributed by atoms with van der Waals surface area (Å²) in [5.74, 6) is 0.874. The van der Waals surface area contributed by atoms with E-state index in [0.29, 0.717) is 6.54 Å². The van der Waals surface area contributed by atoms with Crippen LogP contribution in [0.4, 0.5) is 0 Å². The Morgan fingerprint density at radius 1 is 1.40 bits per heavy atom. The maximum absolute atomic E-state index is 5.42. The van der Waals surface area contributed by atoms with Crippen LogP contribution < -0.4 is 5.73 Å². The fourth-order valence-electron chi connectivity index (χ4n) is 1.36. The second kappa shape index (κ2) is 4.70. The zero-order valence-electron chi connectivity index (χ0n) is 8.39. The molecular weight excluding hydrogens is 190 g/mol. The van der Waals surface area contributed by atoms with Gasteiger partial charge in [-0.15, -0.1) is 0 Å². The van der Waals surface area contributed by atoms with E-state index in [0.717, 1.165) is 29.9 Å². The highest BCUT2D eigenvalue weighted by Crippen LogP contribution is 2.18. The van der Waals surface area contributed by atoms with Gasteiger partial charge in [0.05, 0.1) is 0 Å². The monoisotopic (exact) mass is 203 g/mol. The molecule has 4 nitrogen and oxygen atoms in total. The van der Waals surface area contributed by atoms with Crippen molar-refractivity contribution in [3.05, 3.63) is 36.4 Å². The minimum absolute atomic E-state index is 0.670. The molecular formula is C11H13N3O. The second-order valence-electron chi connectivity index (χ2n) is 3.31. The molecule has 0 fully saturated rings. The summed E-state index contributed by atoms with van der Waals surface area (Å²) in [5.41, 5.74) is 7.22. The summed E-state index contributed by atoms with van der Waals surface area (Å²) in [6.45, 7) is 0.670. The van der Waals surface area contributed by atoms with Gasteiger partial charge in [0.2, 0.25) is 0 Å². The third-order valence-electron chi connectivity index (χ3n) is 2.14. The third-order valence-corrected chi connectivity index (χ3v) is 2.14. The van der Waals surface area contributed by atoms with E-state index < -0.39 is 0 Å². The number of pyridine rings is 1. The molecule has 15 heavy (non-hydrogen) atoms. The zero-order valence-corrected chi connectivity index (χ0v) is 8.39. The molecule has 78 valence electrons. The van der Waals surface area contributed by atoms with Gasteiger partial charge in [0, 0.05) is 30.4 Å². The molecule has 0 unspecified atom stereocenters. The number of nitrogens with zero attached hydrogens (tertiary/aromatic N) is 2. The standard InChI is InChI=1S/C11H13N3O/c12-5-1-4-10-7-11(14-15-10)9-3-2-6-13-8-9/h2-3,6-8H,1,4-5,12H2. The fraction of sp³-hybridized carbons (Fsp3) is 0.273. The van der Waals surface area contributed by atoms with Crippen molar-refractivity contribution in [2.45, 2.75) is 12.8 Å². The normalized spacial score (nSPS) is 10.5. The van der Waals surface area contributed by atoms with Crippen LogP contribution in [0.15, 0.2) is 35.1 Å². The zero-order chi connectivity index (χ0) is 10.5. The summed E-state index contributed by atoms with van der Waals surface area (Å²) in [4.78, 5) is 4.03. The van der Waals surface area contributed by atoms with Crippen LogP contribution in [0, 0.1) is 0 Å². The maximum Gasteiger partial charge on any atom is 0.137 e. The molecule has 0 aliphatic rings. The quantitative estimate of drug-likeness (QED) is 0.820. The minimum atomic E-state index is 0.670. The summed E-state index contributed by atoms with van der Waals surface area (Å²) < 4.78 is 5.19. The Balaban J connectivity index is 2.14. The average molecular weight is 203 g/mol. The van der Waals surface area contributed by atoms with E-state index >= 15 is 0 Å². The summed E-state index contributed by atoms with van der Waals surface area (Å²) >= 11 is 0. The lowest BCUT2D eigenvalue weighted by Gasteiger charge is -1.91. The second-order valence-corrected chi connectivity index (χ2v) is 3.31. The molecule has 0 saturated heterocycles. The van der Waals surface area contributed by atoms with Crippen molar-refractivity contribution < 1.29 is 4.52 Å². The molecule has 0 radical (unpaired) electrons. The highest BCUT2D eigenvalue weighted by atomic mass is 16.5. The van der Waals surface area contributed by atoms with Gasteiger partial charge in [-0.05, 0) is 25.1 Å². The molecule has 0 aromatic carbocycles. The van der Waals surface area contributed by atoms with Gasteiger partial charge in [-0.25, -0.2) is 0 Å². The first kappa shape index (κ1) is 9.86. The predicted molar refractivity (Wildman–Crippen MR) is 57.1 cm³/mol. The largest absolute Gasteiger partial charge is 0.361 e. The molecule has 2 N–H and O–H groups in total. The molecule has 0 aliphatic heterocycles. The number of aryl methyl sites for hydroxylation is 1. The third kappa shape index (κ3) is 2.41. The van der Waals surface area contributed by atoms with Crippen LogP contribution in [-0.2, 0) is 6.42 Å². The Labute approximate surface area is 88.1 Å². The molecule has 2 aromatic heterocycles. The number of rotatable bonds is 4. The van der Waals surface area contributed by atoms with Crippen molar-refractivity contribution in [1.29, 1.82) is 0 Å². The Bertz CT molecular complexity index is 411. The van der Waals surface area contributed by atoms with Gasteiger partial charge in [0.25, 0.3) is 0 Å². The van der Waals surface area contributed by atoms with Crippen molar-refractivity contribution in [3.63, 3.8) is 0 Å². The molecule has 0 saturated carbocycles. The van der Waals surface area contributed by atoms with Crippen molar-refractivity contribution in [2.24, 2.45) is 5.73 Å². The Morgan fingerprint density at radius 3 is 3.07 bits per heavy atom. The average Bonchev–Trinajstić information content (AvgIpc) is 2.76. The van der Waals surface area contributed by atoms with Crippen LogP contribution in [0.2, 0.25) is 0 Å². The van der Waals surface area contributed by atoms with Crippen molar-refractivity contribution in [1.82, 2.24) is 10.1 Å². The van der Waals surface area contributed by atoms with Gasteiger partial charge in [0.1, 0.15) is 11.5 Å². The topological polar surface area (TPSA) is 64.9 Å². The van der Waals surface area contributed by atoms with Crippen molar-refractivity contribution >= 4 is 0 Å². The van der Waals surface area contributed by atoms with Gasteiger partial charge >= 0.3 is 0 Å². The SMILES string of the molecule is NCCCc1cc(-c2cccnc2)no1. The van der Waals surface area contributed by atoms with Crippen LogP contribution in [0.25, 0.3) is 11.3 Å². The minimum Gasteiger partial charge on any atom is -0.361 e. The molecule has 0 bridgehead atoms. The van der Waals surface area contributed by atoms with E-state index in [2.05, 4.69) is 10.1 Å². The van der Waals surface area contributed by atoms with E-state index in [1.54, 1.807) is 12.4 Å². The molecule has 0 spiro atoms. The Kier molecular flexibility index (Phi) is 3.09. The van der Waals surface area contributed by atoms with Crippen LogP contribution in [0.5, 0.6) is 0 Å². The van der Waals surface area contributed by atoms with E-state index in [-0.39, 0.29) is 0 Å². The first-order chi connectivity index (χ1) is 7.40. The summed E-state index contributed by atoms with van der Waals surface area (Å²) in [6, 6.07) is 5.77. The summed E-state index contributed by atoms with van der Waals surface area (Å²) in [5, 5.41) is 3.98. The molecule has 2 aromatic rings. The molecule has 2 heterocycles.